The summed E-state index contributed by atoms with van der Waals surface area (Å²) in [5.41, 5.74) is 0.847. The van der Waals surface area contributed by atoms with E-state index < -0.39 is 30.2 Å². The summed E-state index contributed by atoms with van der Waals surface area (Å²) in [5, 5.41) is 13.8. The lowest BCUT2D eigenvalue weighted by molar-refractivity contribution is -0.129. The Morgan fingerprint density at radius 2 is 1.93 bits per heavy atom. The van der Waals surface area contributed by atoms with Gasteiger partial charge >= 0.3 is 12.2 Å². The molecule has 1 saturated heterocycles. The zero-order valence-electron chi connectivity index (χ0n) is 17.3. The lowest BCUT2D eigenvalue weighted by atomic mass is 10.0. The van der Waals surface area contributed by atoms with E-state index in [4.69, 9.17) is 9.84 Å². The number of hydrogen-bond acceptors (Lipinski definition) is 5. The van der Waals surface area contributed by atoms with Crippen LogP contribution < -0.4 is 10.6 Å². The highest BCUT2D eigenvalue weighted by molar-refractivity contribution is 5.94. The zero-order valence-corrected chi connectivity index (χ0v) is 17.3. The van der Waals surface area contributed by atoms with Crippen molar-refractivity contribution in [2.24, 2.45) is 5.92 Å². The van der Waals surface area contributed by atoms with E-state index in [0.29, 0.717) is 25.8 Å². The molecule has 1 aromatic carbocycles. The van der Waals surface area contributed by atoms with Gasteiger partial charge < -0.3 is 25.4 Å². The number of benzene rings is 1. The monoisotopic (exact) mass is 419 g/mol. The first-order chi connectivity index (χ1) is 14.3. The number of carbonyl (C=O) groups excluding carboxylic acids is 3. The summed E-state index contributed by atoms with van der Waals surface area (Å²) in [6, 6.07) is 7.52. The van der Waals surface area contributed by atoms with Crippen molar-refractivity contribution in [3.05, 3.63) is 35.9 Å². The maximum atomic E-state index is 12.6. The van der Waals surface area contributed by atoms with Gasteiger partial charge in [-0.3, -0.25) is 9.59 Å². The van der Waals surface area contributed by atoms with Gasteiger partial charge in [-0.05, 0) is 30.7 Å². The molecule has 0 radical (unpaired) electrons. The van der Waals surface area contributed by atoms with E-state index in [0.717, 1.165) is 5.56 Å². The Kier molecular flexibility index (Phi) is 8.64. The van der Waals surface area contributed by atoms with Crippen molar-refractivity contribution in [3.8, 4) is 0 Å². The second-order valence-electron chi connectivity index (χ2n) is 7.76. The molecule has 1 aromatic rings. The third kappa shape index (κ3) is 7.38. The fraction of sp³-hybridized carbons (Fsp3) is 0.524. The van der Waals surface area contributed by atoms with Gasteiger partial charge in [0.05, 0.1) is 12.6 Å². The number of nitrogens with zero attached hydrogens (tertiary/aromatic N) is 1. The lowest BCUT2D eigenvalue weighted by Gasteiger charge is -2.22. The number of nitrogens with one attached hydrogen (secondary N) is 2. The Labute approximate surface area is 175 Å². The normalized spacial score (nSPS) is 17.8. The van der Waals surface area contributed by atoms with Crippen molar-refractivity contribution in [1.82, 2.24) is 15.5 Å². The number of rotatable bonds is 7. The van der Waals surface area contributed by atoms with Gasteiger partial charge in [-0.25, -0.2) is 9.59 Å². The SMILES string of the molecule is CC(C)C[C@H](NC(=O)O)C(=O)NC1CCCN(C(=O)OCc2ccccc2)CC1=O. The van der Waals surface area contributed by atoms with E-state index in [2.05, 4.69) is 10.6 Å². The van der Waals surface area contributed by atoms with Gasteiger partial charge in [0, 0.05) is 6.54 Å². The second kappa shape index (κ2) is 11.2. The molecule has 1 aliphatic rings. The summed E-state index contributed by atoms with van der Waals surface area (Å²) in [7, 11) is 0. The maximum Gasteiger partial charge on any atom is 0.410 e. The molecule has 3 amide bonds. The number of Topliss-reactive ketones (excluding diaryl/α,β-unsaturated/α-hetero) is 1. The van der Waals surface area contributed by atoms with Crippen LogP contribution in [0.3, 0.4) is 0 Å². The molecule has 1 unspecified atom stereocenters. The molecule has 0 aliphatic carbocycles. The van der Waals surface area contributed by atoms with Crippen LogP contribution in [0.15, 0.2) is 30.3 Å². The highest BCUT2D eigenvalue weighted by Gasteiger charge is 2.31. The number of hydrogen-bond donors (Lipinski definition) is 3. The summed E-state index contributed by atoms with van der Waals surface area (Å²) < 4.78 is 5.29. The topological polar surface area (TPSA) is 125 Å². The van der Waals surface area contributed by atoms with Crippen molar-refractivity contribution >= 4 is 23.9 Å². The zero-order chi connectivity index (χ0) is 22.1. The highest BCUT2D eigenvalue weighted by Crippen LogP contribution is 2.12. The summed E-state index contributed by atoms with van der Waals surface area (Å²) >= 11 is 0. The fourth-order valence-electron chi connectivity index (χ4n) is 3.27. The molecule has 1 fully saturated rings. The first-order valence-corrected chi connectivity index (χ1v) is 10.0. The van der Waals surface area contributed by atoms with E-state index in [9.17, 15) is 19.2 Å². The Morgan fingerprint density at radius 1 is 1.23 bits per heavy atom. The number of likely N-dealkylation sites (tertiary alicyclic amines) is 1. The van der Waals surface area contributed by atoms with Crippen molar-refractivity contribution in [3.63, 3.8) is 0 Å². The lowest BCUT2D eigenvalue weighted by Crippen LogP contribution is -2.52. The first-order valence-electron chi connectivity index (χ1n) is 10.0. The van der Waals surface area contributed by atoms with Crippen LogP contribution in [-0.2, 0) is 20.9 Å². The molecule has 0 bridgehead atoms. The van der Waals surface area contributed by atoms with Gasteiger partial charge in [-0.1, -0.05) is 44.2 Å². The van der Waals surface area contributed by atoms with Crippen molar-refractivity contribution in [2.45, 2.75) is 51.8 Å². The average molecular weight is 419 g/mol. The molecule has 0 saturated carbocycles. The molecular weight excluding hydrogens is 390 g/mol. The van der Waals surface area contributed by atoms with E-state index in [1.165, 1.54) is 4.90 Å². The molecule has 3 N–H and O–H groups in total. The van der Waals surface area contributed by atoms with Gasteiger partial charge in [0.2, 0.25) is 5.91 Å². The minimum absolute atomic E-state index is 0.0901. The van der Waals surface area contributed by atoms with Crippen LogP contribution in [0, 0.1) is 5.92 Å². The summed E-state index contributed by atoms with van der Waals surface area (Å²) in [6.45, 7) is 4.04. The van der Waals surface area contributed by atoms with Gasteiger partial charge in [0.25, 0.3) is 0 Å². The summed E-state index contributed by atoms with van der Waals surface area (Å²) in [4.78, 5) is 49.8. The fourth-order valence-corrected chi connectivity index (χ4v) is 3.27. The maximum absolute atomic E-state index is 12.6. The standard InChI is InChI=1S/C21H29N3O6/c1-14(2)11-17(23-20(27)28)19(26)22-16-9-6-10-24(12-18(16)25)21(29)30-13-15-7-4-3-5-8-15/h3-5,7-8,14,16-17,23H,6,9-13H2,1-2H3,(H,22,26)(H,27,28)/t16?,17-/m0/s1. The van der Waals surface area contributed by atoms with Crippen molar-refractivity contribution < 1.29 is 29.0 Å². The molecule has 30 heavy (non-hydrogen) atoms. The van der Waals surface area contributed by atoms with E-state index >= 15 is 0 Å². The third-order valence-electron chi connectivity index (χ3n) is 4.76. The van der Waals surface area contributed by atoms with Crippen molar-refractivity contribution in [2.75, 3.05) is 13.1 Å². The molecular formula is C21H29N3O6. The van der Waals surface area contributed by atoms with Crippen LogP contribution in [0.1, 0.15) is 38.7 Å². The average Bonchev–Trinajstić information content (AvgIpc) is 2.87. The Bertz CT molecular complexity index is 752. The van der Waals surface area contributed by atoms with Gasteiger partial charge in [0.1, 0.15) is 12.6 Å². The predicted molar refractivity (Wildman–Crippen MR) is 109 cm³/mol. The minimum Gasteiger partial charge on any atom is -0.465 e. The second-order valence-corrected chi connectivity index (χ2v) is 7.76. The van der Waals surface area contributed by atoms with Crippen molar-refractivity contribution in [1.29, 1.82) is 0 Å². The number of carbonyl (C=O) groups is 4. The number of amides is 3. The van der Waals surface area contributed by atoms with Crippen LogP contribution in [0.25, 0.3) is 0 Å². The van der Waals surface area contributed by atoms with E-state index in [1.54, 1.807) is 0 Å². The Morgan fingerprint density at radius 3 is 2.57 bits per heavy atom. The first kappa shape index (κ1) is 23.2. The molecule has 0 aromatic heterocycles. The van der Waals surface area contributed by atoms with E-state index in [-0.39, 0.29) is 24.9 Å². The smallest absolute Gasteiger partial charge is 0.410 e. The predicted octanol–water partition coefficient (Wildman–Crippen LogP) is 2.16. The molecule has 9 heteroatoms. The summed E-state index contributed by atoms with van der Waals surface area (Å²) in [5.74, 6) is -0.756. The molecule has 2 rings (SSSR count). The van der Waals surface area contributed by atoms with E-state index in [1.807, 2.05) is 44.2 Å². The highest BCUT2D eigenvalue weighted by atomic mass is 16.6. The summed E-state index contributed by atoms with van der Waals surface area (Å²) in [6.07, 6.45) is -0.677. The van der Waals surface area contributed by atoms with Crippen LogP contribution in [0.5, 0.6) is 0 Å². The van der Waals surface area contributed by atoms with Gasteiger partial charge in [-0.2, -0.15) is 0 Å². The number of ether oxygens (including phenoxy) is 1. The quantitative estimate of drug-likeness (QED) is 0.622. The molecule has 0 spiro atoms. The largest absolute Gasteiger partial charge is 0.465 e. The Hall–Kier alpha value is -3.10. The van der Waals surface area contributed by atoms with Crippen LogP contribution >= 0.6 is 0 Å². The number of ketones is 1. The van der Waals surface area contributed by atoms with Gasteiger partial charge in [0.15, 0.2) is 5.78 Å². The van der Waals surface area contributed by atoms with Gasteiger partial charge in [-0.15, -0.1) is 0 Å². The van der Waals surface area contributed by atoms with Crippen LogP contribution in [0.2, 0.25) is 0 Å². The number of carboxylic acid groups (broad SMARTS) is 1. The molecule has 2 atom stereocenters. The third-order valence-corrected chi connectivity index (χ3v) is 4.76. The molecule has 1 aliphatic heterocycles. The van der Waals surface area contributed by atoms with Crippen LogP contribution in [-0.4, -0.2) is 59.1 Å². The molecule has 1 heterocycles. The van der Waals surface area contributed by atoms with Crippen LogP contribution in [0.4, 0.5) is 9.59 Å². The molecule has 164 valence electrons. The molecule has 9 nitrogen and oxygen atoms in total. The Balaban J connectivity index is 1.91. The minimum atomic E-state index is -1.30.